The van der Waals surface area contributed by atoms with Crippen LogP contribution in [0.2, 0.25) is 0 Å². The molecule has 0 nitrogen and oxygen atoms in total. The van der Waals surface area contributed by atoms with Crippen molar-refractivity contribution < 1.29 is 5.71 Å². The monoisotopic (exact) mass is 95.0 g/mol. The summed E-state index contributed by atoms with van der Waals surface area (Å²) >= 11 is 0. The molecular weight excluding hydrogens is 87.2 g/mol. The van der Waals surface area contributed by atoms with Crippen LogP contribution in [0.5, 0.6) is 0 Å². The van der Waals surface area contributed by atoms with E-state index >= 15 is 0 Å². The molecule has 3 heteroatoms. The second kappa shape index (κ2) is 19.5. The molecule has 0 aliphatic rings. The molecule has 0 amide bonds. The van der Waals surface area contributed by atoms with Gasteiger partial charge in [-0.05, 0) is 0 Å². The maximum atomic E-state index is 0. The maximum absolute atomic E-state index is 0. The Labute approximate surface area is 81.4 Å². The van der Waals surface area contributed by atoms with Crippen molar-refractivity contribution in [3.05, 3.63) is 0 Å². The van der Waals surface area contributed by atoms with Crippen molar-refractivity contribution in [3.8, 4) is 0 Å². The molecule has 0 heterocycles. The van der Waals surface area contributed by atoms with Crippen LogP contribution < -0.4 is 0 Å². The minimum absolute atomic E-state index is 0. The first-order valence-corrected chi connectivity index (χ1v) is 0. The smallest absolute Gasteiger partial charge is 1.00 e. The second-order valence-electron chi connectivity index (χ2n) is 0. The van der Waals surface area contributed by atoms with E-state index in [1.165, 1.54) is 0 Å². The third-order valence-corrected chi connectivity index (χ3v) is 0. The summed E-state index contributed by atoms with van der Waals surface area (Å²) in [6.07, 6.45) is 0. The van der Waals surface area contributed by atoms with Crippen LogP contribution in [0, 0.1) is 0 Å². The van der Waals surface area contributed by atoms with Crippen molar-refractivity contribution in [2.24, 2.45) is 0 Å². The fraction of sp³-hybridized carbons (Fsp3) is 1.00. The Bertz CT molecular complexity index is 16.0. The summed E-state index contributed by atoms with van der Waals surface area (Å²) in [5, 5.41) is 0. The van der Waals surface area contributed by atoms with Gasteiger partial charge in [-0.15, -0.1) is 0 Å². The Hall–Kier alpha value is 2.09. The van der Waals surface area contributed by atoms with Crippen LogP contribution >= 0.6 is 0 Å². The van der Waals surface area contributed by atoms with E-state index < -0.39 is 0 Å². The van der Waals surface area contributed by atoms with Crippen molar-refractivity contribution in [2.45, 2.75) is 7.43 Å². The Balaban J connectivity index is 0. The summed E-state index contributed by atoms with van der Waals surface area (Å²) in [6, 6.07) is 0. The molecule has 4 heavy (non-hydrogen) atoms. The van der Waals surface area contributed by atoms with E-state index in [4.69, 9.17) is 0 Å². The van der Waals surface area contributed by atoms with Crippen LogP contribution in [0.3, 0.4) is 0 Å². The molecule has 0 spiro atoms. The molecule has 0 atom stereocenters. The first-order valence-electron chi connectivity index (χ1n) is 0. The summed E-state index contributed by atoms with van der Waals surface area (Å²) in [5.41, 5.74) is 0. The summed E-state index contributed by atoms with van der Waals surface area (Å²) in [5.74, 6) is 0. The first kappa shape index (κ1) is 36.1. The number of hydrogen-bond donors (Lipinski definition) is 0. The molecule has 0 saturated carbocycles. The fourth-order valence-corrected chi connectivity index (χ4v) is 0. The molecule has 0 N–H and O–H groups in total. The van der Waals surface area contributed by atoms with Crippen LogP contribution in [-0.4, -0.2) is 69.2 Å². The number of hydrogen-bond acceptors (Lipinski definition) is 0. The topological polar surface area (TPSA) is 0 Å². The van der Waals surface area contributed by atoms with Crippen molar-refractivity contribution >= 4 is 69.2 Å². The summed E-state index contributed by atoms with van der Waals surface area (Å²) in [7, 11) is 0. The summed E-state index contributed by atoms with van der Waals surface area (Å²) in [6.45, 7) is 0. The van der Waals surface area contributed by atoms with Gasteiger partial charge in [0.15, 0.2) is 0 Å². The SMILES string of the molecule is C.[B].[Ca+2].[H-].[H-].[H-].[H-].[Mg+2]. The summed E-state index contributed by atoms with van der Waals surface area (Å²) < 4.78 is 0. The maximum Gasteiger partial charge on any atom is 2.00 e. The van der Waals surface area contributed by atoms with E-state index in [-0.39, 0.29) is 82.3 Å². The average molecular weight is 95.3 g/mol. The Morgan fingerprint density at radius 3 is 1.25 bits per heavy atom. The zero-order chi connectivity index (χ0) is 0. The quantitative estimate of drug-likeness (QED) is 0.370. The normalized spacial score (nSPS) is 0. The zero-order valence-electron chi connectivity index (χ0n) is 5.99. The van der Waals surface area contributed by atoms with Gasteiger partial charge in [-0.25, -0.2) is 0 Å². The Morgan fingerprint density at radius 2 is 1.25 bits per heavy atom. The molecule has 0 aromatic carbocycles. The summed E-state index contributed by atoms with van der Waals surface area (Å²) in [4.78, 5) is 0. The molecule has 3 radical (unpaired) electrons. The van der Waals surface area contributed by atoms with Crippen LogP contribution in [0.1, 0.15) is 13.1 Å². The number of rotatable bonds is 0. The van der Waals surface area contributed by atoms with E-state index in [0.717, 1.165) is 0 Å². The molecule has 19 valence electrons. The van der Waals surface area contributed by atoms with Gasteiger partial charge < -0.3 is 5.71 Å². The molecule has 0 bridgehead atoms. The van der Waals surface area contributed by atoms with Gasteiger partial charge in [-0.3, -0.25) is 0 Å². The zero-order valence-corrected chi connectivity index (χ0v) is 5.61. The third kappa shape index (κ3) is 8.94. The predicted octanol–water partition coefficient (Wildman–Crippen LogP) is -0.0563. The minimum atomic E-state index is 0. The van der Waals surface area contributed by atoms with Gasteiger partial charge in [-0.1, -0.05) is 7.43 Å². The van der Waals surface area contributed by atoms with Crippen LogP contribution in [-0.2, 0) is 0 Å². The van der Waals surface area contributed by atoms with Gasteiger partial charge in [0.25, 0.3) is 0 Å². The van der Waals surface area contributed by atoms with Gasteiger partial charge in [-0.2, -0.15) is 0 Å². The largest absolute Gasteiger partial charge is 2.00 e. The second-order valence-corrected chi connectivity index (χ2v) is 0. The molecule has 0 aliphatic carbocycles. The van der Waals surface area contributed by atoms with Gasteiger partial charge in [0.1, 0.15) is 0 Å². The van der Waals surface area contributed by atoms with Crippen molar-refractivity contribution in [3.63, 3.8) is 0 Å². The minimum Gasteiger partial charge on any atom is -1.00 e. The molecular formula is CH8BCaMg. The first-order chi connectivity index (χ1) is 0. The molecule has 0 aromatic heterocycles. The van der Waals surface area contributed by atoms with Crippen molar-refractivity contribution in [2.75, 3.05) is 0 Å². The molecule has 0 aromatic rings. The van der Waals surface area contributed by atoms with Gasteiger partial charge in [0.2, 0.25) is 0 Å². The van der Waals surface area contributed by atoms with Gasteiger partial charge >= 0.3 is 60.8 Å². The van der Waals surface area contributed by atoms with Gasteiger partial charge in [0.05, 0.1) is 0 Å². The van der Waals surface area contributed by atoms with Gasteiger partial charge in [0, 0.05) is 8.41 Å². The fourth-order valence-electron chi connectivity index (χ4n) is 0. The van der Waals surface area contributed by atoms with Crippen LogP contribution in [0.25, 0.3) is 0 Å². The predicted molar refractivity (Wildman–Crippen MR) is 28.4 cm³/mol. The van der Waals surface area contributed by atoms with E-state index in [2.05, 4.69) is 0 Å². The third-order valence-electron chi connectivity index (χ3n) is 0. The van der Waals surface area contributed by atoms with Crippen molar-refractivity contribution in [1.29, 1.82) is 0 Å². The Kier molecular flexibility index (Phi) is 176. The van der Waals surface area contributed by atoms with E-state index in [9.17, 15) is 0 Å². The standard InChI is InChI=1S/CH4.B.Ca.Mg.4H/h1H4;;;;;;;/q;;2*+2;4*-1. The molecule has 0 rings (SSSR count). The molecule has 0 fully saturated rings. The molecule has 0 unspecified atom stereocenters. The molecule has 0 aliphatic heterocycles. The van der Waals surface area contributed by atoms with Crippen LogP contribution in [0.4, 0.5) is 0 Å². The Morgan fingerprint density at radius 1 is 1.25 bits per heavy atom. The average Bonchev–Trinajstić information content (AvgIpc) is 0. The van der Waals surface area contributed by atoms with Crippen LogP contribution in [0.15, 0.2) is 0 Å². The van der Waals surface area contributed by atoms with E-state index in [0.29, 0.717) is 0 Å². The molecule has 0 saturated heterocycles. The van der Waals surface area contributed by atoms with E-state index in [1.54, 1.807) is 0 Å². The van der Waals surface area contributed by atoms with Crippen molar-refractivity contribution in [1.82, 2.24) is 0 Å². The van der Waals surface area contributed by atoms with E-state index in [1.807, 2.05) is 0 Å².